The number of β-amino-alcohol motifs (C(OH)–C–C–N with tert-alkyl or cyclic N) is 1. The molecule has 1 heterocycles. The van der Waals surface area contributed by atoms with Crippen molar-refractivity contribution in [1.29, 1.82) is 0 Å². The van der Waals surface area contributed by atoms with Gasteiger partial charge in [-0.25, -0.2) is 4.39 Å². The van der Waals surface area contributed by atoms with Gasteiger partial charge in [-0.2, -0.15) is 0 Å². The molecule has 2 N–H and O–H groups in total. The fourth-order valence-corrected chi connectivity index (χ4v) is 2.59. The minimum Gasteiger partial charge on any atom is -0.480 e. The smallest absolute Gasteiger partial charge is 0.321 e. The minimum atomic E-state index is -0.959. The Morgan fingerprint density at radius 3 is 2.94 bits per heavy atom. The van der Waals surface area contributed by atoms with Gasteiger partial charge in [0, 0.05) is 19.5 Å². The average Bonchev–Trinajstić information content (AvgIpc) is 2.66. The predicted octanol–water partition coefficient (Wildman–Crippen LogP) is 1.61. The van der Waals surface area contributed by atoms with Crippen molar-refractivity contribution in [3.63, 3.8) is 0 Å². The number of hydrogen-bond donors (Lipinski definition) is 2. The fourth-order valence-electron chi connectivity index (χ4n) is 2.20. The third-order valence-electron chi connectivity index (χ3n) is 3.07. The van der Waals surface area contributed by atoms with Crippen LogP contribution < -0.4 is 0 Å². The second-order valence-electron chi connectivity index (χ2n) is 4.39. The van der Waals surface area contributed by atoms with Crippen molar-refractivity contribution >= 4 is 21.9 Å². The molecule has 1 aromatic rings. The molecule has 2 unspecified atom stereocenters. The van der Waals surface area contributed by atoms with E-state index in [-0.39, 0.29) is 12.2 Å². The van der Waals surface area contributed by atoms with Crippen LogP contribution in [0.3, 0.4) is 0 Å². The van der Waals surface area contributed by atoms with E-state index in [0.29, 0.717) is 23.1 Å². The third-order valence-corrected chi connectivity index (χ3v) is 3.96. The van der Waals surface area contributed by atoms with Crippen molar-refractivity contribution in [2.75, 3.05) is 6.54 Å². The molecule has 0 bridgehead atoms. The summed E-state index contributed by atoms with van der Waals surface area (Å²) in [5.41, 5.74) is 0.676. The van der Waals surface area contributed by atoms with E-state index < -0.39 is 18.1 Å². The largest absolute Gasteiger partial charge is 0.480 e. The van der Waals surface area contributed by atoms with E-state index in [0.717, 1.165) is 0 Å². The summed E-state index contributed by atoms with van der Waals surface area (Å²) in [5.74, 6) is -1.34. The van der Waals surface area contributed by atoms with E-state index in [2.05, 4.69) is 15.9 Å². The van der Waals surface area contributed by atoms with E-state index in [1.54, 1.807) is 17.0 Å². The first-order valence-electron chi connectivity index (χ1n) is 5.57. The summed E-state index contributed by atoms with van der Waals surface area (Å²) in [7, 11) is 0. The summed E-state index contributed by atoms with van der Waals surface area (Å²) < 4.78 is 13.7. The Morgan fingerprint density at radius 1 is 1.56 bits per heavy atom. The fraction of sp³-hybridized carbons (Fsp3) is 0.417. The van der Waals surface area contributed by atoms with Gasteiger partial charge in [0.1, 0.15) is 11.9 Å². The standard InChI is InChI=1S/C12H13BrFNO3/c13-11-7(2-1-3-9(11)14)5-15-6-8(16)4-10(15)12(17)18/h1-3,8,10,16H,4-6H2,(H,17,18). The number of likely N-dealkylation sites (tertiary alicyclic amines) is 1. The highest BCUT2D eigenvalue weighted by atomic mass is 79.9. The summed E-state index contributed by atoms with van der Waals surface area (Å²) in [4.78, 5) is 12.7. The van der Waals surface area contributed by atoms with Crippen LogP contribution in [0.5, 0.6) is 0 Å². The number of carboxylic acid groups (broad SMARTS) is 1. The SMILES string of the molecule is O=C(O)C1CC(O)CN1Cc1cccc(F)c1Br. The number of rotatable bonds is 3. The van der Waals surface area contributed by atoms with Crippen LogP contribution in [0.25, 0.3) is 0 Å². The van der Waals surface area contributed by atoms with Gasteiger partial charge in [-0.1, -0.05) is 12.1 Å². The first-order chi connectivity index (χ1) is 8.49. The molecule has 0 aromatic heterocycles. The number of aliphatic hydroxyl groups excluding tert-OH is 1. The number of halogens is 2. The van der Waals surface area contributed by atoms with Crippen LogP contribution in [0, 0.1) is 5.82 Å². The molecule has 0 radical (unpaired) electrons. The molecule has 4 nitrogen and oxygen atoms in total. The van der Waals surface area contributed by atoms with Crippen LogP contribution in [0.1, 0.15) is 12.0 Å². The van der Waals surface area contributed by atoms with Crippen LogP contribution in [0.2, 0.25) is 0 Å². The zero-order chi connectivity index (χ0) is 13.3. The Bertz CT molecular complexity index is 469. The maximum Gasteiger partial charge on any atom is 0.321 e. The molecule has 2 rings (SSSR count). The monoisotopic (exact) mass is 317 g/mol. The molecule has 1 fully saturated rings. The quantitative estimate of drug-likeness (QED) is 0.889. The zero-order valence-electron chi connectivity index (χ0n) is 9.51. The number of aliphatic carboxylic acids is 1. The molecule has 0 aliphatic carbocycles. The lowest BCUT2D eigenvalue weighted by atomic mass is 10.1. The van der Waals surface area contributed by atoms with Gasteiger partial charge in [-0.05, 0) is 27.6 Å². The van der Waals surface area contributed by atoms with Crippen LogP contribution in [-0.4, -0.2) is 39.8 Å². The van der Waals surface area contributed by atoms with Gasteiger partial charge in [-0.3, -0.25) is 9.69 Å². The molecule has 0 spiro atoms. The Balaban J connectivity index is 2.17. The van der Waals surface area contributed by atoms with Gasteiger partial charge in [0.05, 0.1) is 10.6 Å². The second-order valence-corrected chi connectivity index (χ2v) is 5.18. The number of carbonyl (C=O) groups is 1. The summed E-state index contributed by atoms with van der Waals surface area (Å²) in [6.07, 6.45) is -0.430. The van der Waals surface area contributed by atoms with E-state index in [9.17, 15) is 14.3 Å². The minimum absolute atomic E-state index is 0.211. The Kier molecular flexibility index (Phi) is 3.99. The molecule has 1 saturated heterocycles. The van der Waals surface area contributed by atoms with Gasteiger partial charge in [0.2, 0.25) is 0 Å². The number of nitrogens with zero attached hydrogens (tertiary/aromatic N) is 1. The van der Waals surface area contributed by atoms with Crippen molar-refractivity contribution in [1.82, 2.24) is 4.90 Å². The maximum absolute atomic E-state index is 13.4. The molecule has 2 atom stereocenters. The molecule has 0 saturated carbocycles. The van der Waals surface area contributed by atoms with Crippen LogP contribution in [0.4, 0.5) is 4.39 Å². The van der Waals surface area contributed by atoms with Crippen LogP contribution in [0.15, 0.2) is 22.7 Å². The molecule has 1 aromatic carbocycles. The van der Waals surface area contributed by atoms with E-state index in [4.69, 9.17) is 5.11 Å². The summed E-state index contributed by atoms with van der Waals surface area (Å²) in [6, 6.07) is 3.94. The number of aliphatic hydroxyl groups is 1. The zero-order valence-corrected chi connectivity index (χ0v) is 11.1. The highest BCUT2D eigenvalue weighted by Crippen LogP contribution is 2.26. The average molecular weight is 318 g/mol. The summed E-state index contributed by atoms with van der Waals surface area (Å²) in [5, 5.41) is 18.6. The third kappa shape index (κ3) is 2.71. The normalized spacial score (nSPS) is 24.4. The number of hydrogen-bond acceptors (Lipinski definition) is 3. The first-order valence-corrected chi connectivity index (χ1v) is 6.36. The lowest BCUT2D eigenvalue weighted by molar-refractivity contribution is -0.142. The number of carboxylic acids is 1. The van der Waals surface area contributed by atoms with Crippen molar-refractivity contribution < 1.29 is 19.4 Å². The highest BCUT2D eigenvalue weighted by Gasteiger charge is 2.36. The molecule has 1 aliphatic rings. The lowest BCUT2D eigenvalue weighted by Gasteiger charge is -2.21. The van der Waals surface area contributed by atoms with Crippen LogP contribution in [-0.2, 0) is 11.3 Å². The molecule has 18 heavy (non-hydrogen) atoms. The topological polar surface area (TPSA) is 60.8 Å². The number of benzene rings is 1. The van der Waals surface area contributed by atoms with Gasteiger partial charge in [-0.15, -0.1) is 0 Å². The van der Waals surface area contributed by atoms with Gasteiger partial charge in [0.15, 0.2) is 0 Å². The maximum atomic E-state index is 13.4. The van der Waals surface area contributed by atoms with Crippen molar-refractivity contribution in [3.05, 3.63) is 34.1 Å². The Hall–Kier alpha value is -0.980. The van der Waals surface area contributed by atoms with Crippen LogP contribution >= 0.6 is 15.9 Å². The molecule has 98 valence electrons. The molecule has 1 aliphatic heterocycles. The van der Waals surface area contributed by atoms with Crippen molar-refractivity contribution in [3.8, 4) is 0 Å². The molecular formula is C12H13BrFNO3. The Morgan fingerprint density at radius 2 is 2.28 bits per heavy atom. The van der Waals surface area contributed by atoms with Gasteiger partial charge < -0.3 is 10.2 Å². The first kappa shape index (κ1) is 13.5. The molecule has 0 amide bonds. The predicted molar refractivity (Wildman–Crippen MR) is 66.6 cm³/mol. The van der Waals surface area contributed by atoms with Gasteiger partial charge in [0.25, 0.3) is 0 Å². The Labute approximate surface area is 112 Å². The van der Waals surface area contributed by atoms with E-state index in [1.165, 1.54) is 6.07 Å². The van der Waals surface area contributed by atoms with Gasteiger partial charge >= 0.3 is 5.97 Å². The summed E-state index contributed by atoms with van der Waals surface area (Å²) in [6.45, 7) is 0.590. The van der Waals surface area contributed by atoms with E-state index >= 15 is 0 Å². The van der Waals surface area contributed by atoms with E-state index in [1.807, 2.05) is 0 Å². The highest BCUT2D eigenvalue weighted by molar-refractivity contribution is 9.10. The van der Waals surface area contributed by atoms with Crippen molar-refractivity contribution in [2.24, 2.45) is 0 Å². The second kappa shape index (κ2) is 5.34. The molecular weight excluding hydrogens is 305 g/mol. The lowest BCUT2D eigenvalue weighted by Crippen LogP contribution is -2.35. The van der Waals surface area contributed by atoms with Crippen molar-refractivity contribution in [2.45, 2.75) is 25.1 Å². The summed E-state index contributed by atoms with van der Waals surface area (Å²) >= 11 is 3.15. The molecule has 6 heteroatoms.